The van der Waals surface area contributed by atoms with Crippen molar-refractivity contribution in [3.05, 3.63) is 36.3 Å². The lowest BCUT2D eigenvalue weighted by atomic mass is 10.1. The molecule has 7 nitrogen and oxygen atoms in total. The van der Waals surface area contributed by atoms with Gasteiger partial charge in [0.2, 0.25) is 5.95 Å². The molecule has 1 aliphatic rings. The fourth-order valence-corrected chi connectivity index (χ4v) is 2.70. The van der Waals surface area contributed by atoms with Crippen molar-refractivity contribution in [2.24, 2.45) is 0 Å². The van der Waals surface area contributed by atoms with Crippen LogP contribution in [-0.4, -0.2) is 64.2 Å². The van der Waals surface area contributed by atoms with Crippen LogP contribution < -0.4 is 4.90 Å². The summed E-state index contributed by atoms with van der Waals surface area (Å²) in [5.74, 6) is 0.467. The van der Waals surface area contributed by atoms with Crippen molar-refractivity contribution < 1.29 is 9.90 Å². The van der Waals surface area contributed by atoms with E-state index in [0.717, 1.165) is 24.9 Å². The molecular weight excluding hydrogens is 306 g/mol. The second-order valence-corrected chi connectivity index (χ2v) is 6.12. The number of β-amino-alcohol motifs (C(OH)–C–C–N with tert-alkyl or cyclic N) is 1. The predicted molar refractivity (Wildman–Crippen MR) is 90.7 cm³/mol. The number of carbonyl (C=O) groups is 1. The number of piperidine rings is 1. The smallest absolute Gasteiger partial charge is 0.271 e. The zero-order valence-corrected chi connectivity index (χ0v) is 13.9. The van der Waals surface area contributed by atoms with Gasteiger partial charge in [0.25, 0.3) is 5.91 Å². The van der Waals surface area contributed by atoms with E-state index in [1.807, 2.05) is 11.0 Å². The van der Waals surface area contributed by atoms with E-state index in [1.54, 1.807) is 38.6 Å². The van der Waals surface area contributed by atoms with Gasteiger partial charge in [0.1, 0.15) is 5.69 Å². The first kappa shape index (κ1) is 16.3. The number of hydrogen-bond donors (Lipinski definition) is 1. The monoisotopic (exact) mass is 327 g/mol. The Morgan fingerprint density at radius 2 is 2.04 bits per heavy atom. The molecule has 0 bridgehead atoms. The molecule has 3 heterocycles. The first-order valence-corrected chi connectivity index (χ1v) is 7.99. The number of aliphatic hydroxyl groups excluding tert-OH is 1. The third-order valence-electron chi connectivity index (χ3n) is 3.99. The van der Waals surface area contributed by atoms with E-state index in [4.69, 9.17) is 0 Å². The lowest BCUT2D eigenvalue weighted by Gasteiger charge is -2.29. The Labute approximate surface area is 141 Å². The maximum absolute atomic E-state index is 12.0. The summed E-state index contributed by atoms with van der Waals surface area (Å²) in [5, 5.41) is 9.76. The summed E-state index contributed by atoms with van der Waals surface area (Å²) in [6, 6.07) is 5.32. The largest absolute Gasteiger partial charge is 0.391 e. The van der Waals surface area contributed by atoms with Gasteiger partial charge in [-0.1, -0.05) is 6.07 Å². The molecule has 1 saturated heterocycles. The van der Waals surface area contributed by atoms with Crippen LogP contribution in [-0.2, 0) is 0 Å². The molecule has 0 spiro atoms. The van der Waals surface area contributed by atoms with Crippen molar-refractivity contribution in [1.29, 1.82) is 0 Å². The zero-order valence-electron chi connectivity index (χ0n) is 13.9. The van der Waals surface area contributed by atoms with Crippen LogP contribution in [0.1, 0.15) is 23.3 Å². The van der Waals surface area contributed by atoms with Gasteiger partial charge in [-0.2, -0.15) is 0 Å². The molecule has 1 fully saturated rings. The average molecular weight is 327 g/mol. The van der Waals surface area contributed by atoms with Crippen LogP contribution in [0.3, 0.4) is 0 Å². The molecule has 1 atom stereocenters. The number of carbonyl (C=O) groups excluding carboxylic acids is 1. The number of aliphatic hydroxyl groups is 1. The molecule has 3 rings (SSSR count). The van der Waals surface area contributed by atoms with Gasteiger partial charge in [-0.05, 0) is 25.0 Å². The van der Waals surface area contributed by atoms with Crippen LogP contribution in [0, 0.1) is 0 Å². The topological polar surface area (TPSA) is 82.5 Å². The van der Waals surface area contributed by atoms with Crippen LogP contribution in [0.5, 0.6) is 0 Å². The molecule has 7 heteroatoms. The Morgan fingerprint density at radius 3 is 2.71 bits per heavy atom. The molecule has 126 valence electrons. The van der Waals surface area contributed by atoms with E-state index in [2.05, 4.69) is 15.0 Å². The molecule has 0 radical (unpaired) electrons. The second kappa shape index (κ2) is 6.92. The molecule has 1 amide bonds. The molecule has 2 aromatic heterocycles. The lowest BCUT2D eigenvalue weighted by Crippen LogP contribution is -2.39. The Morgan fingerprint density at radius 1 is 1.29 bits per heavy atom. The van der Waals surface area contributed by atoms with Crippen LogP contribution >= 0.6 is 0 Å². The molecule has 1 aliphatic heterocycles. The van der Waals surface area contributed by atoms with Gasteiger partial charge in [0.15, 0.2) is 0 Å². The summed E-state index contributed by atoms with van der Waals surface area (Å²) in [6.07, 6.45) is 4.84. The highest BCUT2D eigenvalue weighted by molar-refractivity contribution is 5.92. The van der Waals surface area contributed by atoms with E-state index in [9.17, 15) is 9.90 Å². The van der Waals surface area contributed by atoms with Gasteiger partial charge < -0.3 is 14.9 Å². The lowest BCUT2D eigenvalue weighted by molar-refractivity contribution is 0.0822. The fourth-order valence-electron chi connectivity index (χ4n) is 2.70. The quantitative estimate of drug-likeness (QED) is 0.912. The van der Waals surface area contributed by atoms with Gasteiger partial charge in [0.05, 0.1) is 11.8 Å². The number of pyridine rings is 1. The Balaban J connectivity index is 1.81. The van der Waals surface area contributed by atoms with Gasteiger partial charge in [-0.3, -0.25) is 4.79 Å². The minimum Gasteiger partial charge on any atom is -0.391 e. The number of aromatic nitrogens is 3. The second-order valence-electron chi connectivity index (χ2n) is 6.12. The summed E-state index contributed by atoms with van der Waals surface area (Å²) in [7, 11) is 3.39. The normalized spacial score (nSPS) is 17.6. The minimum absolute atomic E-state index is 0.142. The van der Waals surface area contributed by atoms with Crippen molar-refractivity contribution in [3.63, 3.8) is 0 Å². The Hall–Kier alpha value is -2.54. The van der Waals surface area contributed by atoms with E-state index in [1.165, 1.54) is 4.90 Å². The first-order chi connectivity index (χ1) is 11.5. The standard InChI is InChI=1S/C17H21N5O2/c1-21(2)16(24)15-7-3-6-14(20-15)12-9-18-17(19-10-12)22-8-4-5-13(23)11-22/h3,6-7,9-10,13,23H,4-5,8,11H2,1-2H3. The highest BCUT2D eigenvalue weighted by Crippen LogP contribution is 2.20. The van der Waals surface area contributed by atoms with Gasteiger partial charge in [0, 0.05) is 45.1 Å². The minimum atomic E-state index is -0.322. The van der Waals surface area contributed by atoms with Gasteiger partial charge in [-0.25, -0.2) is 15.0 Å². The van der Waals surface area contributed by atoms with Crippen molar-refractivity contribution >= 4 is 11.9 Å². The van der Waals surface area contributed by atoms with Crippen LogP contribution in [0.25, 0.3) is 11.3 Å². The van der Waals surface area contributed by atoms with E-state index in [-0.39, 0.29) is 12.0 Å². The molecule has 1 unspecified atom stereocenters. The van der Waals surface area contributed by atoms with Crippen LogP contribution in [0.2, 0.25) is 0 Å². The Kier molecular flexibility index (Phi) is 4.71. The number of amides is 1. The molecule has 2 aromatic rings. The molecular formula is C17H21N5O2. The predicted octanol–water partition coefficient (Wildman–Crippen LogP) is 1.20. The fraction of sp³-hybridized carbons (Fsp3) is 0.412. The van der Waals surface area contributed by atoms with Crippen molar-refractivity contribution in [2.75, 3.05) is 32.1 Å². The molecule has 1 N–H and O–H groups in total. The molecule has 0 aromatic carbocycles. The average Bonchev–Trinajstić information content (AvgIpc) is 2.61. The van der Waals surface area contributed by atoms with Crippen molar-refractivity contribution in [1.82, 2.24) is 19.9 Å². The molecule has 0 aliphatic carbocycles. The maximum atomic E-state index is 12.0. The number of rotatable bonds is 3. The number of anilines is 1. The highest BCUT2D eigenvalue weighted by atomic mass is 16.3. The highest BCUT2D eigenvalue weighted by Gasteiger charge is 2.20. The number of hydrogen-bond acceptors (Lipinski definition) is 6. The molecule has 0 saturated carbocycles. The molecule has 24 heavy (non-hydrogen) atoms. The first-order valence-electron chi connectivity index (χ1n) is 7.99. The van der Waals surface area contributed by atoms with Crippen molar-refractivity contribution in [2.45, 2.75) is 18.9 Å². The van der Waals surface area contributed by atoms with E-state index in [0.29, 0.717) is 23.9 Å². The third kappa shape index (κ3) is 3.51. The zero-order chi connectivity index (χ0) is 17.1. The van der Waals surface area contributed by atoms with Crippen molar-refractivity contribution in [3.8, 4) is 11.3 Å². The maximum Gasteiger partial charge on any atom is 0.271 e. The summed E-state index contributed by atoms with van der Waals surface area (Å²) in [6.45, 7) is 1.41. The van der Waals surface area contributed by atoms with Crippen LogP contribution in [0.15, 0.2) is 30.6 Å². The number of nitrogens with zero attached hydrogens (tertiary/aromatic N) is 5. The van der Waals surface area contributed by atoms with Crippen LogP contribution in [0.4, 0.5) is 5.95 Å². The third-order valence-corrected chi connectivity index (χ3v) is 3.99. The van der Waals surface area contributed by atoms with E-state index < -0.39 is 0 Å². The summed E-state index contributed by atoms with van der Waals surface area (Å²) < 4.78 is 0. The van der Waals surface area contributed by atoms with Gasteiger partial charge in [-0.15, -0.1) is 0 Å². The summed E-state index contributed by atoms with van der Waals surface area (Å²) in [4.78, 5) is 28.7. The Bertz CT molecular complexity index is 717. The SMILES string of the molecule is CN(C)C(=O)c1cccc(-c2cnc(N3CCCC(O)C3)nc2)n1. The van der Waals surface area contributed by atoms with E-state index >= 15 is 0 Å². The summed E-state index contributed by atoms with van der Waals surface area (Å²) in [5.41, 5.74) is 1.80. The van der Waals surface area contributed by atoms with Gasteiger partial charge >= 0.3 is 0 Å². The summed E-state index contributed by atoms with van der Waals surface area (Å²) >= 11 is 0.